The van der Waals surface area contributed by atoms with Crippen LogP contribution in [0, 0.1) is 0 Å². The molecular formula is C14H20N2O2. The average molecular weight is 248 g/mol. The molecule has 0 N–H and O–H groups in total. The molecule has 1 aromatic heterocycles. The molecule has 1 aromatic rings. The second-order valence-electron chi connectivity index (χ2n) is 4.73. The smallest absolute Gasteiger partial charge is 0.305 e. The molecule has 4 heteroatoms. The molecule has 1 heterocycles. The number of carbonyl (C=O) groups excluding carboxylic acids is 1. The van der Waals surface area contributed by atoms with Gasteiger partial charge in [-0.1, -0.05) is 6.07 Å². The highest BCUT2D eigenvalue weighted by atomic mass is 16.5. The van der Waals surface area contributed by atoms with Crippen LogP contribution in [0.2, 0.25) is 0 Å². The van der Waals surface area contributed by atoms with Gasteiger partial charge in [-0.2, -0.15) is 0 Å². The van der Waals surface area contributed by atoms with Crippen LogP contribution in [0.15, 0.2) is 12.1 Å². The molecule has 0 radical (unpaired) electrons. The molecule has 4 nitrogen and oxygen atoms in total. The van der Waals surface area contributed by atoms with E-state index < -0.39 is 0 Å². The van der Waals surface area contributed by atoms with Gasteiger partial charge in [0.15, 0.2) is 0 Å². The molecule has 0 saturated heterocycles. The molecule has 0 bridgehead atoms. The zero-order chi connectivity index (χ0) is 13.0. The lowest BCUT2D eigenvalue weighted by molar-refractivity contribution is -0.140. The van der Waals surface area contributed by atoms with E-state index in [1.165, 1.54) is 24.8 Å². The second kappa shape index (κ2) is 5.85. The predicted molar refractivity (Wildman–Crippen MR) is 70.8 cm³/mol. The van der Waals surface area contributed by atoms with E-state index in [2.05, 4.69) is 26.8 Å². The number of hydrogen-bond acceptors (Lipinski definition) is 4. The maximum Gasteiger partial charge on any atom is 0.305 e. The van der Waals surface area contributed by atoms with E-state index in [4.69, 9.17) is 0 Å². The van der Waals surface area contributed by atoms with Crippen molar-refractivity contribution in [3.8, 4) is 0 Å². The number of hydrogen-bond donors (Lipinski definition) is 0. The predicted octanol–water partition coefficient (Wildman–Crippen LogP) is 1.96. The highest BCUT2D eigenvalue weighted by Crippen LogP contribution is 2.22. The summed E-state index contributed by atoms with van der Waals surface area (Å²) in [5, 5.41) is 0. The number of pyridine rings is 1. The molecule has 0 aliphatic heterocycles. The van der Waals surface area contributed by atoms with Gasteiger partial charge in [0.25, 0.3) is 0 Å². The number of methoxy groups -OCH3 is 1. The number of esters is 1. The Labute approximate surface area is 108 Å². The molecule has 1 aliphatic carbocycles. The summed E-state index contributed by atoms with van der Waals surface area (Å²) < 4.78 is 4.63. The topological polar surface area (TPSA) is 42.4 Å². The van der Waals surface area contributed by atoms with E-state index in [-0.39, 0.29) is 5.97 Å². The van der Waals surface area contributed by atoms with E-state index in [1.54, 1.807) is 0 Å². The molecule has 0 amide bonds. The maximum absolute atomic E-state index is 11.0. The lowest BCUT2D eigenvalue weighted by Crippen LogP contribution is -2.21. The van der Waals surface area contributed by atoms with Crippen LogP contribution >= 0.6 is 0 Å². The average Bonchev–Trinajstić information content (AvgIpc) is 2.85. The Hall–Kier alpha value is -1.58. The Morgan fingerprint density at radius 1 is 1.44 bits per heavy atom. The molecule has 18 heavy (non-hydrogen) atoms. The monoisotopic (exact) mass is 248 g/mol. The summed E-state index contributed by atoms with van der Waals surface area (Å²) >= 11 is 0. The summed E-state index contributed by atoms with van der Waals surface area (Å²) in [6, 6.07) is 4.25. The minimum Gasteiger partial charge on any atom is -0.469 e. The van der Waals surface area contributed by atoms with Gasteiger partial charge in [-0.25, -0.2) is 4.98 Å². The van der Waals surface area contributed by atoms with Gasteiger partial charge in [-0.05, 0) is 37.3 Å². The van der Waals surface area contributed by atoms with E-state index in [0.717, 1.165) is 31.6 Å². The van der Waals surface area contributed by atoms with Crippen molar-refractivity contribution in [2.75, 3.05) is 25.6 Å². The number of fused-ring (bicyclic) bond motifs is 1. The Bertz CT molecular complexity index is 432. The van der Waals surface area contributed by atoms with Crippen molar-refractivity contribution in [3.63, 3.8) is 0 Å². The zero-order valence-electron chi connectivity index (χ0n) is 11.1. The number of anilines is 1. The van der Waals surface area contributed by atoms with Crippen LogP contribution in [-0.4, -0.2) is 31.7 Å². The summed E-state index contributed by atoms with van der Waals surface area (Å²) in [5.74, 6) is 0.853. The van der Waals surface area contributed by atoms with Crippen molar-refractivity contribution >= 4 is 11.8 Å². The third-order valence-corrected chi connectivity index (χ3v) is 3.41. The van der Waals surface area contributed by atoms with E-state index >= 15 is 0 Å². The maximum atomic E-state index is 11.0. The van der Waals surface area contributed by atoms with E-state index in [1.807, 2.05) is 7.05 Å². The summed E-state index contributed by atoms with van der Waals surface area (Å²) in [7, 11) is 3.44. The molecule has 0 aromatic carbocycles. The Morgan fingerprint density at radius 2 is 2.28 bits per heavy atom. The minimum absolute atomic E-state index is 0.148. The third kappa shape index (κ3) is 3.00. The third-order valence-electron chi connectivity index (χ3n) is 3.41. The van der Waals surface area contributed by atoms with Crippen LogP contribution in [0.4, 0.5) is 5.82 Å². The van der Waals surface area contributed by atoms with Crippen molar-refractivity contribution in [2.24, 2.45) is 0 Å². The van der Waals surface area contributed by atoms with Crippen LogP contribution in [-0.2, 0) is 22.4 Å². The Balaban J connectivity index is 1.89. The van der Waals surface area contributed by atoms with Crippen molar-refractivity contribution in [1.82, 2.24) is 4.98 Å². The first-order valence-electron chi connectivity index (χ1n) is 6.47. The number of rotatable bonds is 5. The first-order chi connectivity index (χ1) is 8.70. The molecule has 2 rings (SSSR count). The SMILES string of the molecule is COC(=O)CCCN(C)c1ccc2c(n1)CCC2. The largest absolute Gasteiger partial charge is 0.469 e. The Morgan fingerprint density at radius 3 is 3.06 bits per heavy atom. The normalized spacial score (nSPS) is 13.2. The van der Waals surface area contributed by atoms with Gasteiger partial charge in [0, 0.05) is 25.7 Å². The van der Waals surface area contributed by atoms with Gasteiger partial charge in [0.2, 0.25) is 0 Å². The lowest BCUT2D eigenvalue weighted by Gasteiger charge is -2.18. The van der Waals surface area contributed by atoms with Crippen molar-refractivity contribution in [2.45, 2.75) is 32.1 Å². The van der Waals surface area contributed by atoms with E-state index in [0.29, 0.717) is 6.42 Å². The number of aromatic nitrogens is 1. The molecule has 0 fully saturated rings. The molecule has 0 unspecified atom stereocenters. The fourth-order valence-electron chi connectivity index (χ4n) is 2.30. The minimum atomic E-state index is -0.148. The van der Waals surface area contributed by atoms with E-state index in [9.17, 15) is 4.79 Å². The standard InChI is InChI=1S/C14H20N2O2/c1-16(10-4-7-14(17)18-2)13-9-8-11-5-3-6-12(11)15-13/h8-9H,3-7,10H2,1-2H3. The second-order valence-corrected chi connectivity index (χ2v) is 4.73. The van der Waals surface area contributed by atoms with Gasteiger partial charge in [-0.3, -0.25) is 4.79 Å². The molecule has 0 spiro atoms. The Kier molecular flexibility index (Phi) is 4.18. The van der Waals surface area contributed by atoms with Crippen LogP contribution in [0.25, 0.3) is 0 Å². The summed E-state index contributed by atoms with van der Waals surface area (Å²) in [4.78, 5) is 17.8. The fourth-order valence-corrected chi connectivity index (χ4v) is 2.30. The fraction of sp³-hybridized carbons (Fsp3) is 0.571. The molecule has 0 saturated carbocycles. The van der Waals surface area contributed by atoms with Gasteiger partial charge in [-0.15, -0.1) is 0 Å². The lowest BCUT2D eigenvalue weighted by atomic mass is 10.2. The first kappa shape index (κ1) is 12.9. The molecule has 1 aliphatic rings. The van der Waals surface area contributed by atoms with Crippen molar-refractivity contribution in [3.05, 3.63) is 23.4 Å². The van der Waals surface area contributed by atoms with Crippen molar-refractivity contribution < 1.29 is 9.53 Å². The number of nitrogens with zero attached hydrogens (tertiary/aromatic N) is 2. The number of aryl methyl sites for hydroxylation is 2. The van der Waals surface area contributed by atoms with Crippen molar-refractivity contribution in [1.29, 1.82) is 0 Å². The van der Waals surface area contributed by atoms with Gasteiger partial charge < -0.3 is 9.64 Å². The molecule has 0 atom stereocenters. The van der Waals surface area contributed by atoms with Gasteiger partial charge >= 0.3 is 5.97 Å². The summed E-state index contributed by atoms with van der Waals surface area (Å²) in [6.45, 7) is 0.820. The zero-order valence-corrected chi connectivity index (χ0v) is 11.1. The highest BCUT2D eigenvalue weighted by Gasteiger charge is 2.13. The summed E-state index contributed by atoms with van der Waals surface area (Å²) in [5.41, 5.74) is 2.63. The summed E-state index contributed by atoms with van der Waals surface area (Å²) in [6.07, 6.45) is 4.74. The van der Waals surface area contributed by atoms with Crippen LogP contribution in [0.3, 0.4) is 0 Å². The molecule has 98 valence electrons. The molecular weight excluding hydrogens is 228 g/mol. The van der Waals surface area contributed by atoms with Crippen LogP contribution in [0.1, 0.15) is 30.5 Å². The first-order valence-corrected chi connectivity index (χ1v) is 6.47. The van der Waals surface area contributed by atoms with Crippen LogP contribution < -0.4 is 4.90 Å². The van der Waals surface area contributed by atoms with Gasteiger partial charge in [0.05, 0.1) is 7.11 Å². The quantitative estimate of drug-likeness (QED) is 0.747. The number of carbonyl (C=O) groups is 1. The van der Waals surface area contributed by atoms with Gasteiger partial charge in [0.1, 0.15) is 5.82 Å². The highest BCUT2D eigenvalue weighted by molar-refractivity contribution is 5.69. The number of ether oxygens (including phenoxy) is 1. The van der Waals surface area contributed by atoms with Crippen LogP contribution in [0.5, 0.6) is 0 Å².